The molecule has 1 aromatic heterocycles. The number of nitrogens with zero attached hydrogens (tertiary/aromatic N) is 1. The molecule has 0 aliphatic rings. The number of halogens is 1. The molecule has 1 heterocycles. The van der Waals surface area contributed by atoms with E-state index in [1.165, 1.54) is 6.07 Å². The minimum Gasteiger partial charge on any atom is -0.356 e. The van der Waals surface area contributed by atoms with Gasteiger partial charge in [-0.25, -0.2) is 9.37 Å². The zero-order valence-electron chi connectivity index (χ0n) is 13.6. The molecule has 0 aliphatic heterocycles. The average Bonchev–Trinajstić information content (AvgIpc) is 2.62. The average molecular weight is 339 g/mol. The van der Waals surface area contributed by atoms with Crippen LogP contribution in [0.2, 0.25) is 0 Å². The van der Waals surface area contributed by atoms with E-state index in [2.05, 4.69) is 15.3 Å². The van der Waals surface area contributed by atoms with Crippen LogP contribution in [0.1, 0.15) is 17.8 Å². The van der Waals surface area contributed by atoms with Gasteiger partial charge in [0.15, 0.2) is 0 Å². The molecule has 0 radical (unpaired) electrons. The number of nitrogens with one attached hydrogen (secondary N) is 2. The number of amides is 1. The van der Waals surface area contributed by atoms with E-state index in [-0.39, 0.29) is 23.7 Å². The SMILES string of the molecule is O=C(CCc1nc2ccccc2c(=O)[nH]1)NCCc1ccccc1F. The fourth-order valence-electron chi connectivity index (χ4n) is 2.61. The number of aromatic nitrogens is 2. The van der Waals surface area contributed by atoms with Crippen molar-refractivity contribution in [3.8, 4) is 0 Å². The van der Waals surface area contributed by atoms with Crippen LogP contribution < -0.4 is 10.9 Å². The first-order valence-corrected chi connectivity index (χ1v) is 8.11. The number of aromatic amines is 1. The maximum atomic E-state index is 13.5. The van der Waals surface area contributed by atoms with Gasteiger partial charge in [0, 0.05) is 19.4 Å². The van der Waals surface area contributed by atoms with Crippen LogP contribution in [0.25, 0.3) is 10.9 Å². The van der Waals surface area contributed by atoms with Crippen LogP contribution in [0.5, 0.6) is 0 Å². The highest BCUT2D eigenvalue weighted by Gasteiger charge is 2.07. The Morgan fingerprint density at radius 1 is 1.08 bits per heavy atom. The van der Waals surface area contributed by atoms with Crippen LogP contribution in [-0.4, -0.2) is 22.4 Å². The molecule has 2 N–H and O–H groups in total. The zero-order chi connectivity index (χ0) is 17.6. The van der Waals surface area contributed by atoms with Gasteiger partial charge in [0.25, 0.3) is 5.56 Å². The number of hydrogen-bond acceptors (Lipinski definition) is 3. The van der Waals surface area contributed by atoms with Crippen molar-refractivity contribution in [2.24, 2.45) is 0 Å². The first-order chi connectivity index (χ1) is 12.1. The number of benzene rings is 2. The Balaban J connectivity index is 1.52. The van der Waals surface area contributed by atoms with Crippen molar-refractivity contribution in [2.75, 3.05) is 6.54 Å². The molecule has 1 amide bonds. The minimum absolute atomic E-state index is 0.160. The second-order valence-corrected chi connectivity index (χ2v) is 5.72. The number of aryl methyl sites for hydroxylation is 1. The Morgan fingerprint density at radius 2 is 1.84 bits per heavy atom. The Kier molecular flexibility index (Phi) is 5.18. The van der Waals surface area contributed by atoms with Crippen molar-refractivity contribution in [3.05, 3.63) is 76.1 Å². The molecule has 0 unspecified atom stereocenters. The van der Waals surface area contributed by atoms with Gasteiger partial charge in [-0.3, -0.25) is 9.59 Å². The quantitative estimate of drug-likeness (QED) is 0.724. The molecular weight excluding hydrogens is 321 g/mol. The van der Waals surface area contributed by atoms with E-state index < -0.39 is 0 Å². The number of hydrogen-bond donors (Lipinski definition) is 2. The molecule has 6 heteroatoms. The van der Waals surface area contributed by atoms with E-state index in [4.69, 9.17) is 0 Å². The van der Waals surface area contributed by atoms with Crippen molar-refractivity contribution in [1.82, 2.24) is 15.3 Å². The van der Waals surface area contributed by atoms with Gasteiger partial charge in [0.05, 0.1) is 10.9 Å². The number of rotatable bonds is 6. The number of carbonyl (C=O) groups excluding carboxylic acids is 1. The van der Waals surface area contributed by atoms with Crippen LogP contribution in [0, 0.1) is 5.82 Å². The summed E-state index contributed by atoms with van der Waals surface area (Å²) in [5, 5.41) is 3.28. The molecule has 0 fully saturated rings. The third kappa shape index (κ3) is 4.29. The third-order valence-electron chi connectivity index (χ3n) is 3.93. The Hall–Kier alpha value is -3.02. The molecule has 0 saturated carbocycles. The lowest BCUT2D eigenvalue weighted by Gasteiger charge is -2.06. The highest BCUT2D eigenvalue weighted by Crippen LogP contribution is 2.07. The lowest BCUT2D eigenvalue weighted by Crippen LogP contribution is -2.26. The lowest BCUT2D eigenvalue weighted by atomic mass is 10.1. The van der Waals surface area contributed by atoms with Crippen molar-refractivity contribution in [2.45, 2.75) is 19.3 Å². The van der Waals surface area contributed by atoms with Crippen molar-refractivity contribution < 1.29 is 9.18 Å². The molecule has 128 valence electrons. The summed E-state index contributed by atoms with van der Waals surface area (Å²) >= 11 is 0. The Bertz CT molecular complexity index is 953. The van der Waals surface area contributed by atoms with Gasteiger partial charge in [-0.05, 0) is 30.2 Å². The van der Waals surface area contributed by atoms with Crippen molar-refractivity contribution in [3.63, 3.8) is 0 Å². The summed E-state index contributed by atoms with van der Waals surface area (Å²) in [6, 6.07) is 13.6. The first kappa shape index (κ1) is 16.8. The molecule has 2 aromatic carbocycles. The van der Waals surface area contributed by atoms with Gasteiger partial charge in [0.1, 0.15) is 11.6 Å². The van der Waals surface area contributed by atoms with E-state index in [1.807, 2.05) is 6.07 Å². The first-order valence-electron chi connectivity index (χ1n) is 8.11. The normalized spacial score (nSPS) is 10.8. The summed E-state index contributed by atoms with van der Waals surface area (Å²) in [4.78, 5) is 30.9. The monoisotopic (exact) mass is 339 g/mol. The summed E-state index contributed by atoms with van der Waals surface area (Å²) in [7, 11) is 0. The Labute approximate surface area is 143 Å². The summed E-state index contributed by atoms with van der Waals surface area (Å²) in [5.74, 6) is 0.0507. The van der Waals surface area contributed by atoms with Crippen LogP contribution in [0.3, 0.4) is 0 Å². The molecule has 0 spiro atoms. The molecule has 0 saturated heterocycles. The topological polar surface area (TPSA) is 74.8 Å². The van der Waals surface area contributed by atoms with E-state index in [9.17, 15) is 14.0 Å². The van der Waals surface area contributed by atoms with Gasteiger partial charge in [-0.1, -0.05) is 30.3 Å². The van der Waals surface area contributed by atoms with E-state index in [0.717, 1.165) is 0 Å². The molecule has 25 heavy (non-hydrogen) atoms. The minimum atomic E-state index is -0.269. The Morgan fingerprint density at radius 3 is 2.68 bits per heavy atom. The van der Waals surface area contributed by atoms with Gasteiger partial charge >= 0.3 is 0 Å². The van der Waals surface area contributed by atoms with Gasteiger partial charge in [0.2, 0.25) is 5.91 Å². The maximum absolute atomic E-state index is 13.5. The molecule has 3 rings (SSSR count). The molecule has 5 nitrogen and oxygen atoms in total. The van der Waals surface area contributed by atoms with Crippen LogP contribution in [-0.2, 0) is 17.6 Å². The number of fused-ring (bicyclic) bond motifs is 1. The van der Waals surface area contributed by atoms with Crippen LogP contribution in [0.4, 0.5) is 4.39 Å². The predicted octanol–water partition coefficient (Wildman–Crippen LogP) is 2.35. The number of H-pyrrole nitrogens is 1. The number of carbonyl (C=O) groups is 1. The van der Waals surface area contributed by atoms with E-state index in [1.54, 1.807) is 36.4 Å². The summed E-state index contributed by atoms with van der Waals surface area (Å²) in [5.41, 5.74) is 0.977. The lowest BCUT2D eigenvalue weighted by molar-refractivity contribution is -0.121. The standard InChI is InChI=1S/C19H18FN3O2/c20-15-7-3-1-5-13(15)11-12-21-18(24)10-9-17-22-16-8-4-2-6-14(16)19(25)23-17/h1-8H,9-12H2,(H,21,24)(H,22,23,25). The molecule has 0 atom stereocenters. The largest absolute Gasteiger partial charge is 0.356 e. The van der Waals surface area contributed by atoms with Crippen LogP contribution >= 0.6 is 0 Å². The van der Waals surface area contributed by atoms with Gasteiger partial charge in [-0.2, -0.15) is 0 Å². The van der Waals surface area contributed by atoms with E-state index in [0.29, 0.717) is 41.7 Å². The van der Waals surface area contributed by atoms with Gasteiger partial charge in [-0.15, -0.1) is 0 Å². The zero-order valence-corrected chi connectivity index (χ0v) is 13.6. The van der Waals surface area contributed by atoms with Crippen molar-refractivity contribution in [1.29, 1.82) is 0 Å². The molecule has 0 bridgehead atoms. The predicted molar refractivity (Wildman–Crippen MR) is 93.8 cm³/mol. The fraction of sp³-hybridized carbons (Fsp3) is 0.211. The molecule has 3 aromatic rings. The summed E-state index contributed by atoms with van der Waals surface area (Å²) in [6.45, 7) is 0.363. The number of para-hydroxylation sites is 1. The maximum Gasteiger partial charge on any atom is 0.258 e. The van der Waals surface area contributed by atoms with Crippen molar-refractivity contribution >= 4 is 16.8 Å². The van der Waals surface area contributed by atoms with Gasteiger partial charge < -0.3 is 10.3 Å². The molecule has 0 aliphatic carbocycles. The third-order valence-corrected chi connectivity index (χ3v) is 3.93. The van der Waals surface area contributed by atoms with E-state index >= 15 is 0 Å². The second-order valence-electron chi connectivity index (χ2n) is 5.72. The highest BCUT2D eigenvalue weighted by atomic mass is 19.1. The summed E-state index contributed by atoms with van der Waals surface area (Å²) in [6.07, 6.45) is 0.980. The highest BCUT2D eigenvalue weighted by molar-refractivity contribution is 5.78. The smallest absolute Gasteiger partial charge is 0.258 e. The van der Waals surface area contributed by atoms with Crippen LogP contribution in [0.15, 0.2) is 53.3 Å². The fourth-order valence-corrected chi connectivity index (χ4v) is 2.61. The second kappa shape index (κ2) is 7.70. The molecular formula is C19H18FN3O2. The summed E-state index contributed by atoms with van der Waals surface area (Å²) < 4.78 is 13.5.